The van der Waals surface area contributed by atoms with Crippen LogP contribution < -0.4 is 9.47 Å². The largest absolute Gasteiger partial charge is 0.492 e. The fourth-order valence-corrected chi connectivity index (χ4v) is 8.17. The van der Waals surface area contributed by atoms with Crippen molar-refractivity contribution in [2.75, 3.05) is 13.2 Å². The van der Waals surface area contributed by atoms with Crippen LogP contribution in [0.5, 0.6) is 11.5 Å². The van der Waals surface area contributed by atoms with E-state index in [9.17, 15) is 0 Å². The molecule has 0 heterocycles. The summed E-state index contributed by atoms with van der Waals surface area (Å²) in [4.78, 5) is 0. The number of ether oxygens (including phenoxy) is 2. The van der Waals surface area contributed by atoms with Gasteiger partial charge in [0.15, 0.2) is 0 Å². The van der Waals surface area contributed by atoms with Gasteiger partial charge in [-0.15, -0.1) is 0 Å². The molecule has 0 unspecified atom stereocenters. The summed E-state index contributed by atoms with van der Waals surface area (Å²) < 4.78 is 13.5. The molecule has 0 aliphatic carbocycles. The van der Waals surface area contributed by atoms with Crippen molar-refractivity contribution in [3.05, 3.63) is 48.0 Å². The van der Waals surface area contributed by atoms with Crippen molar-refractivity contribution in [1.29, 1.82) is 0 Å². The van der Waals surface area contributed by atoms with Crippen LogP contribution in [0.1, 0.15) is 233 Å². The molecular weight excluding hydrogens is 657 g/mol. The molecule has 54 heavy (non-hydrogen) atoms. The van der Waals surface area contributed by atoms with Crippen molar-refractivity contribution in [2.45, 2.75) is 233 Å². The molecule has 0 bridgehead atoms. The van der Waals surface area contributed by atoms with Crippen molar-refractivity contribution in [2.24, 2.45) is 0 Å². The Bertz CT molecular complexity index is 1350. The maximum absolute atomic E-state index is 6.75. The summed E-state index contributed by atoms with van der Waals surface area (Å²) in [7, 11) is 0. The lowest BCUT2D eigenvalue weighted by molar-refractivity contribution is 0.306. The number of benzene rings is 3. The zero-order valence-corrected chi connectivity index (χ0v) is 36.5. The van der Waals surface area contributed by atoms with Crippen molar-refractivity contribution in [1.82, 2.24) is 0 Å². The first kappa shape index (κ1) is 46.2. The molecule has 2 nitrogen and oxygen atoms in total. The van der Waals surface area contributed by atoms with Gasteiger partial charge in [0.2, 0.25) is 0 Å². The smallest absolute Gasteiger partial charge is 0.135 e. The first-order chi connectivity index (χ1) is 26.5. The molecule has 2 heteroatoms. The summed E-state index contributed by atoms with van der Waals surface area (Å²) in [6.07, 6.45) is 41.4. The van der Waals surface area contributed by atoms with E-state index in [4.69, 9.17) is 9.47 Å². The second-order valence-corrected chi connectivity index (χ2v) is 17.8. The van der Waals surface area contributed by atoms with Gasteiger partial charge in [0.05, 0.1) is 13.2 Å². The van der Waals surface area contributed by atoms with Crippen molar-refractivity contribution in [3.8, 4) is 11.5 Å². The Hall–Kier alpha value is -2.22. The highest BCUT2D eigenvalue weighted by atomic mass is 16.5. The summed E-state index contributed by atoms with van der Waals surface area (Å²) in [5, 5.41) is 4.76. The molecule has 0 radical (unpaired) electrons. The average Bonchev–Trinajstić information content (AvgIpc) is 3.17. The number of hydrogen-bond acceptors (Lipinski definition) is 2. The van der Waals surface area contributed by atoms with Crippen LogP contribution in [0.3, 0.4) is 0 Å². The minimum absolute atomic E-state index is 0.0697. The molecule has 0 spiro atoms. The van der Waals surface area contributed by atoms with Crippen molar-refractivity contribution in [3.63, 3.8) is 0 Å². The van der Waals surface area contributed by atoms with Crippen LogP contribution in [0.25, 0.3) is 21.5 Å². The Balaban J connectivity index is 1.42. The van der Waals surface area contributed by atoms with E-state index in [2.05, 4.69) is 77.1 Å². The molecule has 0 fully saturated rings. The maximum atomic E-state index is 6.75. The second kappa shape index (κ2) is 29.1. The highest BCUT2D eigenvalue weighted by Gasteiger charge is 2.20. The van der Waals surface area contributed by atoms with Crippen molar-refractivity contribution < 1.29 is 9.47 Å². The van der Waals surface area contributed by atoms with E-state index in [-0.39, 0.29) is 5.41 Å². The van der Waals surface area contributed by atoms with Gasteiger partial charge in [-0.1, -0.05) is 251 Å². The van der Waals surface area contributed by atoms with Crippen LogP contribution in [0.2, 0.25) is 0 Å². The Morgan fingerprint density at radius 1 is 0.352 bits per heavy atom. The fourth-order valence-electron chi connectivity index (χ4n) is 8.17. The first-order valence-electron chi connectivity index (χ1n) is 23.7. The molecule has 0 aliphatic heterocycles. The van der Waals surface area contributed by atoms with E-state index in [0.717, 1.165) is 37.6 Å². The van der Waals surface area contributed by atoms with Crippen molar-refractivity contribution >= 4 is 21.5 Å². The highest BCUT2D eigenvalue weighted by molar-refractivity contribution is 6.11. The Kier molecular flexibility index (Phi) is 24.9. The molecule has 3 aromatic rings. The van der Waals surface area contributed by atoms with Gasteiger partial charge in [-0.05, 0) is 29.9 Å². The lowest BCUT2D eigenvalue weighted by Crippen LogP contribution is -2.11. The number of unbranched alkanes of at least 4 members (excludes halogenated alkanes) is 28. The lowest BCUT2D eigenvalue weighted by atomic mass is 9.85. The number of rotatable bonds is 34. The third-order valence-corrected chi connectivity index (χ3v) is 11.8. The van der Waals surface area contributed by atoms with E-state index in [1.165, 1.54) is 207 Å². The van der Waals surface area contributed by atoms with Crippen LogP contribution in [0, 0.1) is 0 Å². The van der Waals surface area contributed by atoms with E-state index >= 15 is 0 Å². The molecule has 3 aromatic carbocycles. The quantitative estimate of drug-likeness (QED) is 0.0448. The van der Waals surface area contributed by atoms with Gasteiger partial charge in [-0.25, -0.2) is 0 Å². The van der Waals surface area contributed by atoms with Crippen LogP contribution in [-0.2, 0) is 5.41 Å². The summed E-state index contributed by atoms with van der Waals surface area (Å²) in [5.41, 5.74) is 1.41. The molecule has 306 valence electrons. The molecular formula is C52H86O2. The lowest BCUT2D eigenvalue weighted by Gasteiger charge is -2.22. The van der Waals surface area contributed by atoms with Gasteiger partial charge in [0, 0.05) is 21.5 Å². The van der Waals surface area contributed by atoms with Gasteiger partial charge < -0.3 is 9.47 Å². The predicted molar refractivity (Wildman–Crippen MR) is 241 cm³/mol. The predicted octanol–water partition coefficient (Wildman–Crippen LogP) is 17.8. The van der Waals surface area contributed by atoms with Gasteiger partial charge in [0.1, 0.15) is 11.5 Å². The Morgan fingerprint density at radius 3 is 0.981 bits per heavy atom. The molecule has 0 saturated carbocycles. The summed E-state index contributed by atoms with van der Waals surface area (Å²) in [6, 6.07) is 15.7. The summed E-state index contributed by atoms with van der Waals surface area (Å²) >= 11 is 0. The second-order valence-electron chi connectivity index (χ2n) is 17.8. The first-order valence-corrected chi connectivity index (χ1v) is 23.7. The minimum Gasteiger partial charge on any atom is -0.492 e. The fraction of sp³-hybridized carbons (Fsp3) is 0.731. The molecule has 0 atom stereocenters. The van der Waals surface area contributed by atoms with Crippen LogP contribution in [-0.4, -0.2) is 13.2 Å². The molecule has 0 N–H and O–H groups in total. The van der Waals surface area contributed by atoms with Crippen LogP contribution >= 0.6 is 0 Å². The third kappa shape index (κ3) is 18.6. The monoisotopic (exact) mass is 743 g/mol. The minimum atomic E-state index is 0.0697. The van der Waals surface area contributed by atoms with Crippen LogP contribution in [0.4, 0.5) is 0 Å². The molecule has 0 amide bonds. The SMILES string of the molecule is CCCCCCCCCCCCCCCCCOc1c2ccccc2c(OCCCCCCCCCCCCCCCCC)c2cc(C(C)(C)C)ccc12. The molecule has 0 aliphatic rings. The van der Waals surface area contributed by atoms with Gasteiger partial charge in [0.25, 0.3) is 0 Å². The number of fused-ring (bicyclic) bond motifs is 2. The van der Waals surface area contributed by atoms with E-state index in [1.54, 1.807) is 0 Å². The normalized spacial score (nSPS) is 11.9. The Labute approximate surface area is 335 Å². The number of hydrogen-bond donors (Lipinski definition) is 0. The summed E-state index contributed by atoms with van der Waals surface area (Å²) in [6.45, 7) is 13.1. The van der Waals surface area contributed by atoms with E-state index in [1.807, 2.05) is 0 Å². The average molecular weight is 743 g/mol. The standard InChI is InChI=1S/C52H86O2/c1-6-8-10-12-14-16-18-20-22-24-26-28-30-32-36-42-53-50-46-38-34-35-39-47(46)51(49-44-45(52(3,4)5)40-41-48(49)50)54-43-37-33-31-29-27-25-23-21-19-17-15-13-11-9-7-2/h34-35,38-41,44H,6-33,36-37,42-43H2,1-5H3. The zero-order chi connectivity index (χ0) is 38.5. The summed E-state index contributed by atoms with van der Waals surface area (Å²) in [5.74, 6) is 2.07. The molecule has 0 saturated heterocycles. The Morgan fingerprint density at radius 2 is 0.648 bits per heavy atom. The maximum Gasteiger partial charge on any atom is 0.135 e. The van der Waals surface area contributed by atoms with E-state index < -0.39 is 0 Å². The van der Waals surface area contributed by atoms with E-state index in [0.29, 0.717) is 0 Å². The molecule has 3 rings (SSSR count). The van der Waals surface area contributed by atoms with Gasteiger partial charge in [-0.2, -0.15) is 0 Å². The van der Waals surface area contributed by atoms with Gasteiger partial charge >= 0.3 is 0 Å². The highest BCUT2D eigenvalue weighted by Crippen LogP contribution is 2.44. The molecule has 0 aromatic heterocycles. The topological polar surface area (TPSA) is 18.5 Å². The zero-order valence-electron chi connectivity index (χ0n) is 36.5. The third-order valence-electron chi connectivity index (χ3n) is 11.8. The van der Waals surface area contributed by atoms with Gasteiger partial charge in [-0.3, -0.25) is 0 Å². The van der Waals surface area contributed by atoms with Crippen LogP contribution in [0.15, 0.2) is 42.5 Å².